The van der Waals surface area contributed by atoms with E-state index >= 15 is 0 Å². The number of benzene rings is 3. The van der Waals surface area contributed by atoms with Crippen molar-refractivity contribution in [2.24, 2.45) is 0 Å². The van der Waals surface area contributed by atoms with Gasteiger partial charge in [-0.1, -0.05) is 71.7 Å². The maximum absolute atomic E-state index is 12.7. The molecule has 0 aliphatic rings. The predicted molar refractivity (Wildman–Crippen MR) is 125 cm³/mol. The number of hydrogen-bond donors (Lipinski definition) is 2. The Kier molecular flexibility index (Phi) is 8.08. The zero-order valence-electron chi connectivity index (χ0n) is 16.0. The standard InChI is InChI=1S/C23H20Cl2N2O2S/c24-18-11-10-17(20(25)14-18)15-26-23(30)27-22(28)19-8-4-5-9-21(19)29-13-12-16-6-2-1-3-7-16/h1-11,14H,12-13,15H2,(H2,26,27,28,30). The Hall–Kier alpha value is -2.60. The maximum Gasteiger partial charge on any atom is 0.261 e. The van der Waals surface area contributed by atoms with Crippen LogP contribution in [0.5, 0.6) is 5.75 Å². The highest BCUT2D eigenvalue weighted by Crippen LogP contribution is 2.21. The third-order valence-electron chi connectivity index (χ3n) is 4.30. The molecule has 0 fully saturated rings. The van der Waals surface area contributed by atoms with Crippen molar-refractivity contribution in [3.63, 3.8) is 0 Å². The van der Waals surface area contributed by atoms with Gasteiger partial charge in [-0.05, 0) is 47.6 Å². The summed E-state index contributed by atoms with van der Waals surface area (Å²) in [6, 6.07) is 22.3. The van der Waals surface area contributed by atoms with Crippen molar-refractivity contribution in [1.29, 1.82) is 0 Å². The normalized spacial score (nSPS) is 10.3. The first kappa shape index (κ1) is 22.1. The lowest BCUT2D eigenvalue weighted by atomic mass is 10.1. The lowest BCUT2D eigenvalue weighted by molar-refractivity contribution is 0.0972. The lowest BCUT2D eigenvalue weighted by Crippen LogP contribution is -2.39. The molecule has 0 aromatic heterocycles. The third-order valence-corrected chi connectivity index (χ3v) is 5.14. The van der Waals surface area contributed by atoms with Gasteiger partial charge < -0.3 is 10.1 Å². The fourth-order valence-electron chi connectivity index (χ4n) is 2.76. The molecule has 3 rings (SSSR count). The molecule has 4 nitrogen and oxygen atoms in total. The van der Waals surface area contributed by atoms with Gasteiger partial charge in [0.15, 0.2) is 5.11 Å². The molecule has 0 aliphatic carbocycles. The van der Waals surface area contributed by atoms with Gasteiger partial charge in [0.25, 0.3) is 5.91 Å². The maximum atomic E-state index is 12.7. The van der Waals surface area contributed by atoms with Crippen LogP contribution >= 0.6 is 35.4 Å². The predicted octanol–water partition coefficient (Wildman–Crippen LogP) is 5.42. The van der Waals surface area contributed by atoms with Crippen molar-refractivity contribution in [3.05, 3.63) is 99.5 Å². The van der Waals surface area contributed by atoms with Gasteiger partial charge in [0, 0.05) is 23.0 Å². The van der Waals surface area contributed by atoms with Crippen LogP contribution in [0.3, 0.4) is 0 Å². The fourth-order valence-corrected chi connectivity index (χ4v) is 3.40. The number of carbonyl (C=O) groups is 1. The van der Waals surface area contributed by atoms with Crippen LogP contribution in [0.2, 0.25) is 10.0 Å². The molecule has 154 valence electrons. The van der Waals surface area contributed by atoms with Crippen molar-refractivity contribution in [1.82, 2.24) is 10.6 Å². The van der Waals surface area contributed by atoms with Gasteiger partial charge in [-0.25, -0.2) is 0 Å². The van der Waals surface area contributed by atoms with Gasteiger partial charge in [0.05, 0.1) is 12.2 Å². The van der Waals surface area contributed by atoms with Gasteiger partial charge in [-0.2, -0.15) is 0 Å². The van der Waals surface area contributed by atoms with Crippen molar-refractivity contribution >= 4 is 46.4 Å². The van der Waals surface area contributed by atoms with E-state index in [2.05, 4.69) is 10.6 Å². The number of amides is 1. The Morgan fingerprint density at radius 2 is 1.70 bits per heavy atom. The zero-order valence-corrected chi connectivity index (χ0v) is 18.4. The molecule has 0 heterocycles. The Labute approximate surface area is 191 Å². The first-order valence-corrected chi connectivity index (χ1v) is 10.5. The molecule has 0 atom stereocenters. The highest BCUT2D eigenvalue weighted by molar-refractivity contribution is 7.80. The molecule has 1 amide bonds. The number of nitrogens with one attached hydrogen (secondary N) is 2. The molecular formula is C23H20Cl2N2O2S. The third kappa shape index (κ3) is 6.46. The number of para-hydroxylation sites is 1. The molecule has 7 heteroatoms. The van der Waals surface area contributed by atoms with Crippen LogP contribution in [0.1, 0.15) is 21.5 Å². The van der Waals surface area contributed by atoms with Crippen LogP contribution in [-0.2, 0) is 13.0 Å². The summed E-state index contributed by atoms with van der Waals surface area (Å²) in [6.07, 6.45) is 0.749. The molecule has 0 unspecified atom stereocenters. The summed E-state index contributed by atoms with van der Waals surface area (Å²) in [5.74, 6) is 0.166. The van der Waals surface area contributed by atoms with E-state index < -0.39 is 0 Å². The number of ether oxygens (including phenoxy) is 1. The first-order chi connectivity index (χ1) is 14.5. The summed E-state index contributed by atoms with van der Waals surface area (Å²) in [5.41, 5.74) is 2.41. The molecule has 3 aromatic carbocycles. The topological polar surface area (TPSA) is 50.4 Å². The highest BCUT2D eigenvalue weighted by atomic mass is 35.5. The zero-order chi connectivity index (χ0) is 21.3. The monoisotopic (exact) mass is 458 g/mol. The Bertz CT molecular complexity index is 1030. The van der Waals surface area contributed by atoms with E-state index in [0.717, 1.165) is 12.0 Å². The largest absolute Gasteiger partial charge is 0.492 e. The van der Waals surface area contributed by atoms with Gasteiger partial charge in [-0.15, -0.1) is 0 Å². The molecule has 0 saturated carbocycles. The molecule has 0 spiro atoms. The number of rotatable bonds is 7. The Morgan fingerprint density at radius 3 is 2.47 bits per heavy atom. The van der Waals surface area contributed by atoms with Gasteiger partial charge in [0.2, 0.25) is 0 Å². The first-order valence-electron chi connectivity index (χ1n) is 9.32. The quantitative estimate of drug-likeness (QED) is 0.464. The van der Waals surface area contributed by atoms with Crippen LogP contribution in [0.15, 0.2) is 72.8 Å². The van der Waals surface area contributed by atoms with Crippen LogP contribution in [-0.4, -0.2) is 17.6 Å². The molecule has 0 radical (unpaired) electrons. The van der Waals surface area contributed by atoms with E-state index in [9.17, 15) is 4.79 Å². The van der Waals surface area contributed by atoms with E-state index in [-0.39, 0.29) is 11.0 Å². The summed E-state index contributed by atoms with van der Waals surface area (Å²) in [4.78, 5) is 12.7. The molecule has 0 bridgehead atoms. The summed E-state index contributed by atoms with van der Waals surface area (Å²) in [7, 11) is 0. The molecule has 0 aliphatic heterocycles. The van der Waals surface area contributed by atoms with E-state index in [1.54, 1.807) is 36.4 Å². The van der Waals surface area contributed by atoms with E-state index in [4.69, 9.17) is 40.2 Å². The Morgan fingerprint density at radius 1 is 0.967 bits per heavy atom. The number of thiocarbonyl (C=S) groups is 1. The minimum Gasteiger partial charge on any atom is -0.492 e. The fraction of sp³-hybridized carbons (Fsp3) is 0.130. The highest BCUT2D eigenvalue weighted by Gasteiger charge is 2.14. The average Bonchev–Trinajstić information content (AvgIpc) is 2.74. The molecule has 2 N–H and O–H groups in total. The summed E-state index contributed by atoms with van der Waals surface area (Å²) in [6.45, 7) is 0.830. The Balaban J connectivity index is 1.55. The second-order valence-electron chi connectivity index (χ2n) is 6.45. The molecule has 0 saturated heterocycles. The van der Waals surface area contributed by atoms with E-state index in [0.29, 0.717) is 34.5 Å². The molecule has 3 aromatic rings. The molecular weight excluding hydrogens is 439 g/mol. The second-order valence-corrected chi connectivity index (χ2v) is 7.70. The van der Waals surface area contributed by atoms with Gasteiger partial charge >= 0.3 is 0 Å². The molecule has 30 heavy (non-hydrogen) atoms. The summed E-state index contributed by atoms with van der Waals surface area (Å²) in [5, 5.41) is 6.94. The van der Waals surface area contributed by atoms with Gasteiger partial charge in [0.1, 0.15) is 5.75 Å². The number of hydrogen-bond acceptors (Lipinski definition) is 3. The van der Waals surface area contributed by atoms with Gasteiger partial charge in [-0.3, -0.25) is 10.1 Å². The SMILES string of the molecule is O=C(NC(=S)NCc1ccc(Cl)cc1Cl)c1ccccc1OCCc1ccccc1. The minimum absolute atomic E-state index is 0.199. The van der Waals surface area contributed by atoms with Crippen molar-refractivity contribution in [3.8, 4) is 5.75 Å². The number of carbonyl (C=O) groups excluding carboxylic acids is 1. The van der Waals surface area contributed by atoms with Crippen LogP contribution in [0.25, 0.3) is 0 Å². The van der Waals surface area contributed by atoms with Crippen LogP contribution in [0, 0.1) is 0 Å². The van der Waals surface area contributed by atoms with E-state index in [1.165, 1.54) is 5.56 Å². The smallest absolute Gasteiger partial charge is 0.261 e. The van der Waals surface area contributed by atoms with E-state index in [1.807, 2.05) is 36.4 Å². The van der Waals surface area contributed by atoms with Crippen molar-refractivity contribution in [2.75, 3.05) is 6.61 Å². The summed E-state index contributed by atoms with van der Waals surface area (Å²) < 4.78 is 5.85. The number of halogens is 2. The van der Waals surface area contributed by atoms with Crippen molar-refractivity contribution < 1.29 is 9.53 Å². The van der Waals surface area contributed by atoms with Crippen LogP contribution < -0.4 is 15.4 Å². The van der Waals surface area contributed by atoms with Crippen molar-refractivity contribution in [2.45, 2.75) is 13.0 Å². The average molecular weight is 459 g/mol. The minimum atomic E-state index is -0.343. The summed E-state index contributed by atoms with van der Waals surface area (Å²) >= 11 is 17.3. The second kappa shape index (κ2) is 11.0. The van der Waals surface area contributed by atoms with Crippen LogP contribution in [0.4, 0.5) is 0 Å². The lowest BCUT2D eigenvalue weighted by Gasteiger charge is -2.13.